The van der Waals surface area contributed by atoms with E-state index in [2.05, 4.69) is 22.1 Å². The Morgan fingerprint density at radius 1 is 1.22 bits per heavy atom. The van der Waals surface area contributed by atoms with E-state index in [9.17, 15) is 0 Å². The molecule has 0 amide bonds. The molecule has 1 saturated heterocycles. The Bertz CT molecular complexity index is 629. The van der Waals surface area contributed by atoms with Crippen molar-refractivity contribution in [1.82, 2.24) is 9.97 Å². The highest BCUT2D eigenvalue weighted by atomic mass is 35.5. The maximum atomic E-state index is 5.92. The molecule has 4 nitrogen and oxygen atoms in total. The lowest BCUT2D eigenvalue weighted by atomic mass is 10.0. The summed E-state index contributed by atoms with van der Waals surface area (Å²) in [4.78, 5) is 11.5. The number of benzene rings is 1. The van der Waals surface area contributed by atoms with E-state index in [0.29, 0.717) is 6.04 Å². The molecule has 1 fully saturated rings. The van der Waals surface area contributed by atoms with Crippen LogP contribution in [0.3, 0.4) is 0 Å². The molecule has 1 aromatic heterocycles. The van der Waals surface area contributed by atoms with Gasteiger partial charge >= 0.3 is 0 Å². The first kappa shape index (κ1) is 16.1. The van der Waals surface area contributed by atoms with Crippen LogP contribution in [-0.4, -0.2) is 22.6 Å². The summed E-state index contributed by atoms with van der Waals surface area (Å²) in [6, 6.07) is 10.3. The molecule has 0 bridgehead atoms. The Morgan fingerprint density at radius 2 is 2.04 bits per heavy atom. The SMILES string of the molecule is CCC1CCCCN1c1nccc(NCc2ccc(Cl)cc2)n1. The lowest BCUT2D eigenvalue weighted by Crippen LogP contribution is -2.40. The van der Waals surface area contributed by atoms with Crippen LogP contribution < -0.4 is 10.2 Å². The molecule has 1 aliphatic heterocycles. The first-order chi connectivity index (χ1) is 11.3. The lowest BCUT2D eigenvalue weighted by Gasteiger charge is -2.35. The molecule has 2 heterocycles. The van der Waals surface area contributed by atoms with Crippen LogP contribution in [0.2, 0.25) is 5.02 Å². The molecule has 3 rings (SSSR count). The van der Waals surface area contributed by atoms with Crippen molar-refractivity contribution >= 4 is 23.4 Å². The van der Waals surface area contributed by atoms with Crippen LogP contribution in [0.15, 0.2) is 36.5 Å². The predicted molar refractivity (Wildman–Crippen MR) is 96.1 cm³/mol. The van der Waals surface area contributed by atoms with Crippen LogP contribution >= 0.6 is 11.6 Å². The minimum absolute atomic E-state index is 0.565. The molecular formula is C18H23ClN4. The number of nitrogens with zero attached hydrogens (tertiary/aromatic N) is 3. The van der Waals surface area contributed by atoms with Crippen molar-refractivity contribution < 1.29 is 0 Å². The normalized spacial score (nSPS) is 18.0. The average Bonchev–Trinajstić information content (AvgIpc) is 2.61. The van der Waals surface area contributed by atoms with E-state index in [1.54, 1.807) is 0 Å². The van der Waals surface area contributed by atoms with E-state index in [0.717, 1.165) is 36.3 Å². The van der Waals surface area contributed by atoms with Crippen molar-refractivity contribution in [3.05, 3.63) is 47.1 Å². The summed E-state index contributed by atoms with van der Waals surface area (Å²) in [6.45, 7) is 4.02. The topological polar surface area (TPSA) is 41.1 Å². The molecule has 1 N–H and O–H groups in total. The molecule has 1 unspecified atom stereocenters. The quantitative estimate of drug-likeness (QED) is 0.875. The summed E-state index contributed by atoms with van der Waals surface area (Å²) < 4.78 is 0. The molecule has 5 heteroatoms. The molecule has 1 aromatic carbocycles. The van der Waals surface area contributed by atoms with Gasteiger partial charge in [0.1, 0.15) is 5.82 Å². The Balaban J connectivity index is 1.68. The van der Waals surface area contributed by atoms with Crippen molar-refractivity contribution in [3.8, 4) is 0 Å². The van der Waals surface area contributed by atoms with Gasteiger partial charge in [0.15, 0.2) is 0 Å². The van der Waals surface area contributed by atoms with Gasteiger partial charge < -0.3 is 10.2 Å². The van der Waals surface area contributed by atoms with Crippen LogP contribution in [-0.2, 0) is 6.54 Å². The highest BCUT2D eigenvalue weighted by Gasteiger charge is 2.23. The first-order valence-corrected chi connectivity index (χ1v) is 8.72. The van der Waals surface area contributed by atoms with Crippen LogP contribution in [0.4, 0.5) is 11.8 Å². The number of hydrogen-bond donors (Lipinski definition) is 1. The zero-order chi connectivity index (χ0) is 16.1. The van der Waals surface area contributed by atoms with Gasteiger partial charge in [-0.25, -0.2) is 4.98 Å². The number of piperidine rings is 1. The number of anilines is 2. The molecular weight excluding hydrogens is 308 g/mol. The van der Waals surface area contributed by atoms with Crippen molar-refractivity contribution in [1.29, 1.82) is 0 Å². The van der Waals surface area contributed by atoms with Crippen molar-refractivity contribution in [2.45, 2.75) is 45.2 Å². The average molecular weight is 331 g/mol. The number of rotatable bonds is 5. The number of nitrogens with one attached hydrogen (secondary N) is 1. The summed E-state index contributed by atoms with van der Waals surface area (Å²) >= 11 is 5.92. The van der Waals surface area contributed by atoms with Crippen LogP contribution in [0.25, 0.3) is 0 Å². The molecule has 1 atom stereocenters. The molecule has 1 aliphatic rings. The Morgan fingerprint density at radius 3 is 2.83 bits per heavy atom. The summed E-state index contributed by atoms with van der Waals surface area (Å²) in [7, 11) is 0. The molecule has 0 saturated carbocycles. The van der Waals surface area contributed by atoms with Gasteiger partial charge in [0.2, 0.25) is 5.95 Å². The Kier molecular flexibility index (Phi) is 5.34. The highest BCUT2D eigenvalue weighted by molar-refractivity contribution is 6.30. The highest BCUT2D eigenvalue weighted by Crippen LogP contribution is 2.24. The second kappa shape index (κ2) is 7.64. The Hall–Kier alpha value is -1.81. The van der Waals surface area contributed by atoms with Gasteiger partial charge in [0.05, 0.1) is 0 Å². The van der Waals surface area contributed by atoms with Gasteiger partial charge in [0.25, 0.3) is 0 Å². The maximum Gasteiger partial charge on any atom is 0.227 e. The number of aromatic nitrogens is 2. The van der Waals surface area contributed by atoms with Crippen molar-refractivity contribution in [3.63, 3.8) is 0 Å². The third kappa shape index (κ3) is 4.14. The summed E-state index contributed by atoms with van der Waals surface area (Å²) in [5.74, 6) is 1.71. The van der Waals surface area contributed by atoms with E-state index >= 15 is 0 Å². The van der Waals surface area contributed by atoms with Gasteiger partial charge in [0, 0.05) is 30.4 Å². The van der Waals surface area contributed by atoms with Crippen molar-refractivity contribution in [2.75, 3.05) is 16.8 Å². The number of hydrogen-bond acceptors (Lipinski definition) is 4. The fraction of sp³-hybridized carbons (Fsp3) is 0.444. The summed E-state index contributed by atoms with van der Waals surface area (Å²) in [6.07, 6.45) is 6.76. The van der Waals surface area contributed by atoms with Crippen LogP contribution in [0, 0.1) is 0 Å². The number of halogens is 1. The fourth-order valence-corrected chi connectivity index (χ4v) is 3.19. The molecule has 0 spiro atoms. The smallest absolute Gasteiger partial charge is 0.227 e. The fourth-order valence-electron chi connectivity index (χ4n) is 3.07. The summed E-state index contributed by atoms with van der Waals surface area (Å²) in [5, 5.41) is 4.13. The van der Waals surface area contributed by atoms with Crippen LogP contribution in [0.1, 0.15) is 38.2 Å². The molecule has 0 aliphatic carbocycles. The van der Waals surface area contributed by atoms with E-state index in [1.807, 2.05) is 36.5 Å². The van der Waals surface area contributed by atoms with Gasteiger partial charge in [-0.1, -0.05) is 30.7 Å². The maximum absolute atomic E-state index is 5.92. The second-order valence-corrected chi connectivity index (χ2v) is 6.41. The molecule has 2 aromatic rings. The largest absolute Gasteiger partial charge is 0.366 e. The van der Waals surface area contributed by atoms with E-state index in [1.165, 1.54) is 24.8 Å². The van der Waals surface area contributed by atoms with E-state index in [-0.39, 0.29) is 0 Å². The van der Waals surface area contributed by atoms with Gasteiger partial charge in [-0.15, -0.1) is 0 Å². The molecule has 122 valence electrons. The lowest BCUT2D eigenvalue weighted by molar-refractivity contribution is 0.443. The summed E-state index contributed by atoms with van der Waals surface area (Å²) in [5.41, 5.74) is 1.18. The molecule has 0 radical (unpaired) electrons. The molecule has 23 heavy (non-hydrogen) atoms. The Labute approximate surface area is 142 Å². The zero-order valence-corrected chi connectivity index (χ0v) is 14.3. The van der Waals surface area contributed by atoms with E-state index in [4.69, 9.17) is 16.6 Å². The monoisotopic (exact) mass is 330 g/mol. The van der Waals surface area contributed by atoms with Gasteiger partial charge in [-0.05, 0) is 49.4 Å². The van der Waals surface area contributed by atoms with Gasteiger partial charge in [-0.2, -0.15) is 4.98 Å². The zero-order valence-electron chi connectivity index (χ0n) is 13.5. The minimum atomic E-state index is 0.565. The predicted octanol–water partition coefficient (Wildman–Crippen LogP) is 4.51. The standard InChI is InChI=1S/C18H23ClN4/c1-2-16-5-3-4-12-23(16)18-20-11-10-17(22-18)21-13-14-6-8-15(19)9-7-14/h6-11,16H,2-5,12-13H2,1H3,(H,20,21,22). The third-order valence-electron chi connectivity index (χ3n) is 4.39. The van der Waals surface area contributed by atoms with E-state index < -0.39 is 0 Å². The first-order valence-electron chi connectivity index (χ1n) is 8.34. The second-order valence-electron chi connectivity index (χ2n) is 5.97. The van der Waals surface area contributed by atoms with Crippen molar-refractivity contribution in [2.24, 2.45) is 0 Å². The van der Waals surface area contributed by atoms with Crippen LogP contribution in [0.5, 0.6) is 0 Å². The van der Waals surface area contributed by atoms with Gasteiger partial charge in [-0.3, -0.25) is 0 Å². The third-order valence-corrected chi connectivity index (χ3v) is 4.64. The minimum Gasteiger partial charge on any atom is -0.366 e.